The van der Waals surface area contributed by atoms with E-state index in [0.717, 1.165) is 12.8 Å². The second-order valence-corrected chi connectivity index (χ2v) is 7.46. The molecular weight excluding hydrogens is 332 g/mol. The maximum Gasteiger partial charge on any atom is 0.230 e. The number of aromatic hydroxyl groups is 1. The Morgan fingerprint density at radius 3 is 1.81 bits per heavy atom. The standard InChI is InChI=1S/C12H17NO2.C8H17NO2/c1-4-12(2,3)11(15)13-9-5-7-10(14)8-6-9;1-4-8(2,3)7(11)9-5-6-10/h5-8,14H,4H2,1-3H3,(H,13,15);10H,4-6H2,1-3H3,(H,9,11). The Balaban J connectivity index is 0.000000508. The molecule has 0 aliphatic heterocycles. The largest absolute Gasteiger partial charge is 0.508 e. The van der Waals surface area contributed by atoms with Gasteiger partial charge in [0.1, 0.15) is 5.75 Å². The van der Waals surface area contributed by atoms with Crippen molar-refractivity contribution in [3.05, 3.63) is 24.3 Å². The summed E-state index contributed by atoms with van der Waals surface area (Å²) in [5.74, 6) is 0.201. The minimum absolute atomic E-state index is 0.00399. The number of benzene rings is 1. The Labute approximate surface area is 157 Å². The molecule has 1 aromatic carbocycles. The number of carbonyl (C=O) groups is 2. The van der Waals surface area contributed by atoms with Crippen LogP contribution in [-0.4, -0.2) is 35.2 Å². The van der Waals surface area contributed by atoms with Gasteiger partial charge in [0, 0.05) is 23.1 Å². The molecule has 0 saturated heterocycles. The lowest BCUT2D eigenvalue weighted by atomic mass is 9.89. The average Bonchev–Trinajstić information content (AvgIpc) is 2.61. The molecule has 0 bridgehead atoms. The van der Waals surface area contributed by atoms with Crippen molar-refractivity contribution in [2.24, 2.45) is 10.8 Å². The van der Waals surface area contributed by atoms with Crippen LogP contribution in [0.15, 0.2) is 24.3 Å². The number of aliphatic hydroxyl groups excluding tert-OH is 1. The van der Waals surface area contributed by atoms with Crippen LogP contribution < -0.4 is 10.6 Å². The summed E-state index contributed by atoms with van der Waals surface area (Å²) in [6.45, 7) is 11.9. The molecule has 0 aliphatic carbocycles. The normalized spacial score (nSPS) is 11.2. The molecule has 0 fully saturated rings. The third-order valence-corrected chi connectivity index (χ3v) is 4.52. The summed E-state index contributed by atoms with van der Waals surface area (Å²) < 4.78 is 0. The Kier molecular flexibility index (Phi) is 9.94. The summed E-state index contributed by atoms with van der Waals surface area (Å²) in [5, 5.41) is 23.0. The van der Waals surface area contributed by atoms with Gasteiger partial charge in [-0.05, 0) is 37.1 Å². The number of nitrogens with one attached hydrogen (secondary N) is 2. The summed E-state index contributed by atoms with van der Waals surface area (Å²) in [5.41, 5.74) is 0.0342. The van der Waals surface area contributed by atoms with Gasteiger partial charge in [-0.1, -0.05) is 41.5 Å². The van der Waals surface area contributed by atoms with E-state index in [1.165, 1.54) is 0 Å². The van der Waals surface area contributed by atoms with Crippen molar-refractivity contribution in [1.82, 2.24) is 5.32 Å². The van der Waals surface area contributed by atoms with E-state index in [1.54, 1.807) is 24.3 Å². The SMILES string of the molecule is CCC(C)(C)C(=O)NCCO.CCC(C)(C)C(=O)Nc1ccc(O)cc1. The van der Waals surface area contributed by atoms with Crippen LogP contribution >= 0.6 is 0 Å². The third-order valence-electron chi connectivity index (χ3n) is 4.52. The quantitative estimate of drug-likeness (QED) is 0.557. The highest BCUT2D eigenvalue weighted by atomic mass is 16.3. The van der Waals surface area contributed by atoms with E-state index < -0.39 is 0 Å². The fourth-order valence-electron chi connectivity index (χ4n) is 1.57. The van der Waals surface area contributed by atoms with Gasteiger partial charge in [-0.3, -0.25) is 9.59 Å². The summed E-state index contributed by atoms with van der Waals surface area (Å²) in [4.78, 5) is 23.0. The molecule has 0 heterocycles. The van der Waals surface area contributed by atoms with Crippen molar-refractivity contribution in [2.45, 2.75) is 54.4 Å². The molecule has 6 nitrogen and oxygen atoms in total. The van der Waals surface area contributed by atoms with E-state index in [2.05, 4.69) is 10.6 Å². The zero-order valence-corrected chi connectivity index (χ0v) is 16.8. The van der Waals surface area contributed by atoms with Gasteiger partial charge in [0.05, 0.1) is 6.61 Å². The highest BCUT2D eigenvalue weighted by Crippen LogP contribution is 2.23. The number of rotatable bonds is 7. The van der Waals surface area contributed by atoms with Gasteiger partial charge in [-0.15, -0.1) is 0 Å². The lowest BCUT2D eigenvalue weighted by Crippen LogP contribution is -2.37. The summed E-state index contributed by atoms with van der Waals surface area (Å²) in [6, 6.07) is 6.46. The molecule has 0 radical (unpaired) electrons. The van der Waals surface area contributed by atoms with Crippen LogP contribution in [0.2, 0.25) is 0 Å². The molecule has 0 saturated carbocycles. The van der Waals surface area contributed by atoms with Crippen molar-refractivity contribution in [2.75, 3.05) is 18.5 Å². The fraction of sp³-hybridized carbons (Fsp3) is 0.600. The molecular formula is C20H34N2O4. The van der Waals surface area contributed by atoms with E-state index >= 15 is 0 Å². The number of carbonyl (C=O) groups excluding carboxylic acids is 2. The summed E-state index contributed by atoms with van der Waals surface area (Å²) in [7, 11) is 0. The molecule has 26 heavy (non-hydrogen) atoms. The molecule has 2 amide bonds. The molecule has 148 valence electrons. The maximum atomic E-state index is 11.8. The van der Waals surface area contributed by atoms with E-state index in [1.807, 2.05) is 41.5 Å². The second kappa shape index (κ2) is 10.8. The molecule has 4 N–H and O–H groups in total. The lowest BCUT2D eigenvalue weighted by Gasteiger charge is -2.21. The van der Waals surface area contributed by atoms with Crippen molar-refractivity contribution in [3.63, 3.8) is 0 Å². The van der Waals surface area contributed by atoms with Gasteiger partial charge < -0.3 is 20.8 Å². The zero-order valence-electron chi connectivity index (χ0n) is 16.8. The molecule has 0 aliphatic rings. The van der Waals surface area contributed by atoms with Gasteiger partial charge in [0.2, 0.25) is 11.8 Å². The molecule has 1 rings (SSSR count). The molecule has 0 unspecified atom stereocenters. The number of phenolic OH excluding ortho intramolecular Hbond substituents is 1. The highest BCUT2D eigenvalue weighted by molar-refractivity contribution is 5.94. The summed E-state index contributed by atoms with van der Waals surface area (Å²) in [6.07, 6.45) is 1.60. The Morgan fingerprint density at radius 1 is 0.923 bits per heavy atom. The number of hydrogen-bond donors (Lipinski definition) is 4. The minimum atomic E-state index is -0.363. The topological polar surface area (TPSA) is 98.7 Å². The highest BCUT2D eigenvalue weighted by Gasteiger charge is 2.25. The van der Waals surface area contributed by atoms with Gasteiger partial charge in [0.15, 0.2) is 0 Å². The van der Waals surface area contributed by atoms with Gasteiger partial charge in [0.25, 0.3) is 0 Å². The number of amides is 2. The first-order valence-electron chi connectivity index (χ1n) is 8.99. The van der Waals surface area contributed by atoms with Crippen molar-refractivity contribution in [3.8, 4) is 5.75 Å². The molecule has 0 aromatic heterocycles. The van der Waals surface area contributed by atoms with E-state index in [-0.39, 0.29) is 35.0 Å². The van der Waals surface area contributed by atoms with Crippen LogP contribution in [0.1, 0.15) is 54.4 Å². The first-order valence-corrected chi connectivity index (χ1v) is 8.99. The number of anilines is 1. The number of hydrogen-bond acceptors (Lipinski definition) is 4. The molecule has 0 atom stereocenters. The Bertz CT molecular complexity index is 566. The predicted molar refractivity (Wildman–Crippen MR) is 105 cm³/mol. The van der Waals surface area contributed by atoms with Crippen LogP contribution in [0, 0.1) is 10.8 Å². The van der Waals surface area contributed by atoms with Gasteiger partial charge in [-0.25, -0.2) is 0 Å². The van der Waals surface area contributed by atoms with Crippen LogP contribution in [0.25, 0.3) is 0 Å². The second-order valence-electron chi connectivity index (χ2n) is 7.46. The van der Waals surface area contributed by atoms with Gasteiger partial charge in [-0.2, -0.15) is 0 Å². The fourth-order valence-corrected chi connectivity index (χ4v) is 1.57. The smallest absolute Gasteiger partial charge is 0.230 e. The van der Waals surface area contributed by atoms with Crippen molar-refractivity contribution in [1.29, 1.82) is 0 Å². The van der Waals surface area contributed by atoms with Crippen LogP contribution in [0.3, 0.4) is 0 Å². The summed E-state index contributed by atoms with van der Waals surface area (Å²) >= 11 is 0. The Hall–Kier alpha value is -2.08. The monoisotopic (exact) mass is 366 g/mol. The van der Waals surface area contributed by atoms with Crippen molar-refractivity contribution >= 4 is 17.5 Å². The minimum Gasteiger partial charge on any atom is -0.508 e. The zero-order chi connectivity index (χ0) is 20.4. The number of aliphatic hydroxyl groups is 1. The van der Waals surface area contributed by atoms with E-state index in [0.29, 0.717) is 12.2 Å². The molecule has 1 aromatic rings. The predicted octanol–water partition coefficient (Wildman–Crippen LogP) is 3.30. The lowest BCUT2D eigenvalue weighted by molar-refractivity contribution is -0.129. The first kappa shape index (κ1) is 23.9. The van der Waals surface area contributed by atoms with E-state index in [4.69, 9.17) is 10.2 Å². The van der Waals surface area contributed by atoms with Crippen molar-refractivity contribution < 1.29 is 19.8 Å². The first-order chi connectivity index (χ1) is 12.0. The van der Waals surface area contributed by atoms with Crippen LogP contribution in [0.4, 0.5) is 5.69 Å². The van der Waals surface area contributed by atoms with Gasteiger partial charge >= 0.3 is 0 Å². The average molecular weight is 367 g/mol. The maximum absolute atomic E-state index is 11.8. The van der Waals surface area contributed by atoms with Crippen LogP contribution in [-0.2, 0) is 9.59 Å². The molecule has 6 heteroatoms. The molecule has 0 spiro atoms. The van der Waals surface area contributed by atoms with E-state index in [9.17, 15) is 9.59 Å². The Morgan fingerprint density at radius 2 is 1.38 bits per heavy atom. The van der Waals surface area contributed by atoms with Crippen LogP contribution in [0.5, 0.6) is 5.75 Å². The number of phenols is 1. The third kappa shape index (κ3) is 8.34.